The van der Waals surface area contributed by atoms with Crippen LogP contribution >= 0.6 is 0 Å². The molecule has 1 saturated heterocycles. The Labute approximate surface area is 128 Å². The zero-order chi connectivity index (χ0) is 15.5. The molecule has 0 unspecified atom stereocenters. The van der Waals surface area contributed by atoms with Gasteiger partial charge in [-0.1, -0.05) is 18.2 Å². The molecule has 1 aliphatic heterocycles. The van der Waals surface area contributed by atoms with Gasteiger partial charge in [0.05, 0.1) is 11.7 Å². The monoisotopic (exact) mass is 299 g/mol. The van der Waals surface area contributed by atoms with Crippen molar-refractivity contribution in [1.29, 1.82) is 0 Å². The van der Waals surface area contributed by atoms with Crippen molar-refractivity contribution in [2.75, 3.05) is 18.0 Å². The Balaban J connectivity index is 1.96. The Morgan fingerprint density at radius 3 is 2.86 bits per heavy atom. The maximum absolute atomic E-state index is 11.3. The second kappa shape index (κ2) is 6.11. The van der Waals surface area contributed by atoms with Gasteiger partial charge in [0.2, 0.25) is 0 Å². The van der Waals surface area contributed by atoms with Crippen LogP contribution in [0.15, 0.2) is 36.5 Å². The van der Waals surface area contributed by atoms with E-state index in [-0.39, 0.29) is 11.7 Å². The Kier molecular flexibility index (Phi) is 4.02. The van der Waals surface area contributed by atoms with Crippen molar-refractivity contribution in [3.8, 4) is 11.4 Å². The number of aliphatic hydroxyl groups excluding tert-OH is 1. The summed E-state index contributed by atoms with van der Waals surface area (Å²) in [6.45, 7) is 1.37. The number of hydrogen-bond acceptors (Lipinski definition) is 5. The molecule has 2 heterocycles. The minimum Gasteiger partial charge on any atom is -0.478 e. The van der Waals surface area contributed by atoms with Crippen molar-refractivity contribution < 1.29 is 15.0 Å². The van der Waals surface area contributed by atoms with Gasteiger partial charge in [-0.2, -0.15) is 0 Å². The van der Waals surface area contributed by atoms with Gasteiger partial charge in [0.1, 0.15) is 5.82 Å². The lowest BCUT2D eigenvalue weighted by molar-refractivity contribution is 0.0697. The number of hydrogen-bond donors (Lipinski definition) is 2. The molecule has 6 nitrogen and oxygen atoms in total. The first-order chi connectivity index (χ1) is 10.6. The third-order valence-corrected chi connectivity index (χ3v) is 3.76. The molecular formula is C16H17N3O3. The van der Waals surface area contributed by atoms with Crippen molar-refractivity contribution >= 4 is 11.8 Å². The van der Waals surface area contributed by atoms with Crippen LogP contribution in [0.1, 0.15) is 23.2 Å². The molecule has 0 saturated carbocycles. The van der Waals surface area contributed by atoms with Gasteiger partial charge in [-0.15, -0.1) is 0 Å². The molecule has 2 aromatic rings. The van der Waals surface area contributed by atoms with E-state index >= 15 is 0 Å². The van der Waals surface area contributed by atoms with Gasteiger partial charge < -0.3 is 15.1 Å². The molecule has 1 aromatic heterocycles. The minimum atomic E-state index is -1.00. The van der Waals surface area contributed by atoms with E-state index in [0.29, 0.717) is 23.8 Å². The molecule has 1 fully saturated rings. The molecule has 2 N–H and O–H groups in total. The number of carbonyl (C=O) groups is 1. The number of aliphatic hydroxyl groups is 1. The summed E-state index contributed by atoms with van der Waals surface area (Å²) in [4.78, 5) is 22.0. The van der Waals surface area contributed by atoms with Crippen LogP contribution in [0.5, 0.6) is 0 Å². The van der Waals surface area contributed by atoms with Crippen LogP contribution in [-0.2, 0) is 0 Å². The number of piperidine rings is 1. The van der Waals surface area contributed by atoms with Gasteiger partial charge in [0.25, 0.3) is 0 Å². The average molecular weight is 299 g/mol. The number of anilines is 1. The predicted octanol–water partition coefficient (Wildman–Crippen LogP) is 1.80. The molecule has 0 aliphatic carbocycles. The van der Waals surface area contributed by atoms with Crippen molar-refractivity contribution in [1.82, 2.24) is 9.97 Å². The molecule has 6 heteroatoms. The summed E-state index contributed by atoms with van der Waals surface area (Å²) in [5.74, 6) is 0.0949. The van der Waals surface area contributed by atoms with E-state index < -0.39 is 5.97 Å². The Morgan fingerprint density at radius 1 is 1.27 bits per heavy atom. The van der Waals surface area contributed by atoms with Crippen LogP contribution in [0.2, 0.25) is 0 Å². The first-order valence-corrected chi connectivity index (χ1v) is 7.24. The second-order valence-electron chi connectivity index (χ2n) is 5.33. The van der Waals surface area contributed by atoms with Gasteiger partial charge in [-0.05, 0) is 25.0 Å². The zero-order valence-electron chi connectivity index (χ0n) is 12.0. The normalized spacial score (nSPS) is 18.2. The Bertz CT molecular complexity index is 690. The average Bonchev–Trinajstić information content (AvgIpc) is 2.55. The highest BCUT2D eigenvalue weighted by Crippen LogP contribution is 2.24. The quantitative estimate of drug-likeness (QED) is 0.898. The topological polar surface area (TPSA) is 86.5 Å². The third kappa shape index (κ3) is 2.92. The minimum absolute atomic E-state index is 0.179. The SMILES string of the molecule is O=C(O)c1ccccc1-c1nccc(N2CCC[C@@H](O)C2)n1. The van der Waals surface area contributed by atoms with Crippen molar-refractivity contribution in [2.45, 2.75) is 18.9 Å². The van der Waals surface area contributed by atoms with E-state index in [9.17, 15) is 15.0 Å². The van der Waals surface area contributed by atoms with E-state index in [2.05, 4.69) is 9.97 Å². The van der Waals surface area contributed by atoms with E-state index in [1.54, 1.807) is 36.5 Å². The second-order valence-corrected chi connectivity index (χ2v) is 5.33. The molecule has 1 aliphatic rings. The summed E-state index contributed by atoms with van der Waals surface area (Å²) < 4.78 is 0. The summed E-state index contributed by atoms with van der Waals surface area (Å²) in [7, 11) is 0. The lowest BCUT2D eigenvalue weighted by Crippen LogP contribution is -2.38. The maximum Gasteiger partial charge on any atom is 0.336 e. The molecule has 0 spiro atoms. The number of carboxylic acid groups (broad SMARTS) is 1. The number of benzene rings is 1. The third-order valence-electron chi connectivity index (χ3n) is 3.76. The number of carboxylic acids is 1. The molecule has 114 valence electrons. The van der Waals surface area contributed by atoms with E-state index in [1.807, 2.05) is 4.90 Å². The summed E-state index contributed by atoms with van der Waals surface area (Å²) in [5.41, 5.74) is 0.674. The highest BCUT2D eigenvalue weighted by Gasteiger charge is 2.20. The molecular weight excluding hydrogens is 282 g/mol. The Hall–Kier alpha value is -2.47. The lowest BCUT2D eigenvalue weighted by Gasteiger charge is -2.31. The molecule has 0 radical (unpaired) electrons. The highest BCUT2D eigenvalue weighted by atomic mass is 16.4. The fraction of sp³-hybridized carbons (Fsp3) is 0.312. The van der Waals surface area contributed by atoms with Crippen molar-refractivity contribution in [3.05, 3.63) is 42.1 Å². The smallest absolute Gasteiger partial charge is 0.336 e. The van der Waals surface area contributed by atoms with Crippen LogP contribution in [0.3, 0.4) is 0 Å². The van der Waals surface area contributed by atoms with Gasteiger partial charge in [-0.25, -0.2) is 14.8 Å². The number of nitrogens with zero attached hydrogens (tertiary/aromatic N) is 3. The molecule has 3 rings (SSSR count). The number of rotatable bonds is 3. The first kappa shape index (κ1) is 14.5. The van der Waals surface area contributed by atoms with Gasteiger partial charge in [0.15, 0.2) is 5.82 Å². The molecule has 22 heavy (non-hydrogen) atoms. The summed E-state index contributed by atoms with van der Waals surface area (Å²) in [6, 6.07) is 8.47. The van der Waals surface area contributed by atoms with Crippen molar-refractivity contribution in [3.63, 3.8) is 0 Å². The number of aromatic carboxylic acids is 1. The number of aromatic nitrogens is 2. The van der Waals surface area contributed by atoms with Crippen LogP contribution in [0, 0.1) is 0 Å². The summed E-state index contributed by atoms with van der Waals surface area (Å²) in [5, 5.41) is 19.1. The number of β-amino-alcohol motifs (C(OH)–C–C–N with tert-alkyl or cyclic N) is 1. The van der Waals surface area contributed by atoms with E-state index in [4.69, 9.17) is 0 Å². The fourth-order valence-electron chi connectivity index (χ4n) is 2.68. The largest absolute Gasteiger partial charge is 0.478 e. The maximum atomic E-state index is 11.3. The Morgan fingerprint density at radius 2 is 2.09 bits per heavy atom. The first-order valence-electron chi connectivity index (χ1n) is 7.24. The van der Waals surface area contributed by atoms with Crippen LogP contribution < -0.4 is 4.90 Å². The predicted molar refractivity (Wildman–Crippen MR) is 81.9 cm³/mol. The van der Waals surface area contributed by atoms with Gasteiger partial charge >= 0.3 is 5.97 Å². The summed E-state index contributed by atoms with van der Waals surface area (Å²) in [6.07, 6.45) is 2.98. The fourth-order valence-corrected chi connectivity index (χ4v) is 2.68. The lowest BCUT2D eigenvalue weighted by atomic mass is 10.1. The van der Waals surface area contributed by atoms with Gasteiger partial charge in [0, 0.05) is 24.8 Å². The summed E-state index contributed by atoms with van der Waals surface area (Å²) >= 11 is 0. The van der Waals surface area contributed by atoms with E-state index in [0.717, 1.165) is 19.4 Å². The molecule has 1 atom stereocenters. The van der Waals surface area contributed by atoms with Gasteiger partial charge in [-0.3, -0.25) is 0 Å². The van der Waals surface area contributed by atoms with E-state index in [1.165, 1.54) is 0 Å². The van der Waals surface area contributed by atoms with Crippen LogP contribution in [-0.4, -0.2) is 45.3 Å². The van der Waals surface area contributed by atoms with Crippen LogP contribution in [0.4, 0.5) is 5.82 Å². The molecule has 0 amide bonds. The molecule has 0 bridgehead atoms. The molecule has 1 aromatic carbocycles. The van der Waals surface area contributed by atoms with Crippen molar-refractivity contribution in [2.24, 2.45) is 0 Å². The van der Waals surface area contributed by atoms with Crippen LogP contribution in [0.25, 0.3) is 11.4 Å². The highest BCUT2D eigenvalue weighted by molar-refractivity contribution is 5.94. The standard InChI is InChI=1S/C16H17N3O3/c20-11-4-3-9-19(10-11)14-7-8-17-15(18-14)12-5-1-2-6-13(12)16(21)22/h1-2,5-8,11,20H,3-4,9-10H2,(H,21,22)/t11-/m1/s1. The zero-order valence-corrected chi connectivity index (χ0v) is 12.0.